The lowest BCUT2D eigenvalue weighted by Crippen LogP contribution is -2.34. The number of nitrogens with zero attached hydrogens (tertiary/aromatic N) is 1. The smallest absolute Gasteiger partial charge is 0.307 e. The Bertz CT molecular complexity index is 355. The molecule has 1 aromatic carbocycles. The number of carbonyl (C=O) groups is 1. The molecule has 5 nitrogen and oxygen atoms in total. The molecular weight excluding hydrogens is 168 g/mol. The average molecular weight is 176 g/mol. The van der Waals surface area contributed by atoms with Crippen molar-refractivity contribution in [1.29, 1.82) is 5.26 Å². The van der Waals surface area contributed by atoms with Crippen LogP contribution in [0.5, 0.6) is 0 Å². The Morgan fingerprint density at radius 1 is 1.54 bits per heavy atom. The van der Waals surface area contributed by atoms with Crippen molar-refractivity contribution in [3.8, 4) is 6.07 Å². The third-order valence-electron chi connectivity index (χ3n) is 1.38. The van der Waals surface area contributed by atoms with Crippen LogP contribution in [-0.2, 0) is 0 Å². The largest absolute Gasteiger partial charge is 0.333 e. The maximum atomic E-state index is 10.8. The van der Waals surface area contributed by atoms with Crippen molar-refractivity contribution in [2.75, 3.05) is 5.32 Å². The highest BCUT2D eigenvalue weighted by Crippen LogP contribution is 2.08. The summed E-state index contributed by atoms with van der Waals surface area (Å²) in [5, 5.41) is 11.0. The fourth-order valence-corrected chi connectivity index (χ4v) is 0.834. The van der Waals surface area contributed by atoms with Gasteiger partial charge in [0.25, 0.3) is 0 Å². The van der Waals surface area contributed by atoms with Crippen molar-refractivity contribution < 1.29 is 4.79 Å². The second-order valence-corrected chi connectivity index (χ2v) is 2.29. The Morgan fingerprint density at radius 3 is 2.92 bits per heavy atom. The van der Waals surface area contributed by atoms with Crippen LogP contribution in [0.25, 0.3) is 0 Å². The van der Waals surface area contributed by atoms with Gasteiger partial charge in [-0.15, -0.1) is 0 Å². The number of hydrazine groups is 1. The summed E-state index contributed by atoms with van der Waals surface area (Å²) in [5.74, 6) is 4.86. The highest BCUT2D eigenvalue weighted by atomic mass is 16.2. The number of rotatable bonds is 1. The molecular formula is C8H8N4O. The maximum Gasteiger partial charge on any atom is 0.333 e. The van der Waals surface area contributed by atoms with Crippen molar-refractivity contribution >= 4 is 11.7 Å². The van der Waals surface area contributed by atoms with Gasteiger partial charge in [0.05, 0.1) is 11.6 Å². The SMILES string of the molecule is N#Cc1cccc(NC(=O)NN)c1. The number of hydrogen-bond acceptors (Lipinski definition) is 3. The van der Waals surface area contributed by atoms with E-state index in [0.717, 1.165) is 0 Å². The fraction of sp³-hybridized carbons (Fsp3) is 0. The summed E-state index contributed by atoms with van der Waals surface area (Å²) in [5.41, 5.74) is 2.93. The van der Waals surface area contributed by atoms with Crippen molar-refractivity contribution in [1.82, 2.24) is 5.43 Å². The molecule has 0 aliphatic heterocycles. The first-order chi connectivity index (χ1) is 6.26. The van der Waals surface area contributed by atoms with Crippen LogP contribution in [0.2, 0.25) is 0 Å². The van der Waals surface area contributed by atoms with E-state index in [9.17, 15) is 4.79 Å². The number of nitrogens with two attached hydrogens (primary N) is 1. The Kier molecular flexibility index (Phi) is 2.84. The molecule has 0 aliphatic rings. The van der Waals surface area contributed by atoms with Gasteiger partial charge in [-0.3, -0.25) is 5.43 Å². The molecule has 2 amide bonds. The molecule has 13 heavy (non-hydrogen) atoms. The summed E-state index contributed by atoms with van der Waals surface area (Å²) in [4.78, 5) is 10.8. The minimum absolute atomic E-state index is 0.481. The quantitative estimate of drug-likeness (QED) is 0.331. The van der Waals surface area contributed by atoms with E-state index in [1.807, 2.05) is 11.5 Å². The van der Waals surface area contributed by atoms with Crippen LogP contribution >= 0.6 is 0 Å². The van der Waals surface area contributed by atoms with Gasteiger partial charge >= 0.3 is 6.03 Å². The highest BCUT2D eigenvalue weighted by molar-refractivity contribution is 5.88. The molecule has 0 radical (unpaired) electrons. The van der Waals surface area contributed by atoms with E-state index >= 15 is 0 Å². The average Bonchev–Trinajstić information content (AvgIpc) is 2.18. The van der Waals surface area contributed by atoms with Gasteiger partial charge in [0.15, 0.2) is 0 Å². The zero-order valence-corrected chi connectivity index (χ0v) is 6.74. The zero-order chi connectivity index (χ0) is 9.68. The molecule has 0 atom stereocenters. The Balaban J connectivity index is 2.79. The first-order valence-electron chi connectivity index (χ1n) is 3.54. The molecule has 0 aromatic heterocycles. The number of nitrogens with one attached hydrogen (secondary N) is 2. The topological polar surface area (TPSA) is 90.9 Å². The minimum atomic E-state index is -0.518. The molecule has 66 valence electrons. The van der Waals surface area contributed by atoms with Gasteiger partial charge in [-0.25, -0.2) is 10.6 Å². The normalized spacial score (nSPS) is 8.62. The zero-order valence-electron chi connectivity index (χ0n) is 6.74. The summed E-state index contributed by atoms with van der Waals surface area (Å²) in [6.07, 6.45) is 0. The number of nitriles is 1. The van der Waals surface area contributed by atoms with E-state index in [0.29, 0.717) is 11.3 Å². The van der Waals surface area contributed by atoms with E-state index in [1.54, 1.807) is 24.3 Å². The predicted octanol–water partition coefficient (Wildman–Crippen LogP) is 0.553. The van der Waals surface area contributed by atoms with E-state index in [-0.39, 0.29) is 0 Å². The molecule has 0 unspecified atom stereocenters. The van der Waals surface area contributed by atoms with Gasteiger partial charge in [0, 0.05) is 5.69 Å². The lowest BCUT2D eigenvalue weighted by molar-refractivity contribution is 0.252. The van der Waals surface area contributed by atoms with Crippen LogP contribution in [0.15, 0.2) is 24.3 Å². The molecule has 5 heteroatoms. The Morgan fingerprint density at radius 2 is 2.31 bits per heavy atom. The molecule has 4 N–H and O–H groups in total. The fourth-order valence-electron chi connectivity index (χ4n) is 0.834. The highest BCUT2D eigenvalue weighted by Gasteiger charge is 1.98. The van der Waals surface area contributed by atoms with Crippen LogP contribution in [-0.4, -0.2) is 6.03 Å². The van der Waals surface area contributed by atoms with Gasteiger partial charge in [-0.1, -0.05) is 6.07 Å². The van der Waals surface area contributed by atoms with E-state index in [2.05, 4.69) is 5.32 Å². The molecule has 1 aromatic rings. The Labute approximate surface area is 75.1 Å². The van der Waals surface area contributed by atoms with Crippen LogP contribution in [0.3, 0.4) is 0 Å². The van der Waals surface area contributed by atoms with E-state index in [4.69, 9.17) is 11.1 Å². The second-order valence-electron chi connectivity index (χ2n) is 2.29. The minimum Gasteiger partial charge on any atom is -0.307 e. The van der Waals surface area contributed by atoms with Crippen LogP contribution < -0.4 is 16.6 Å². The molecule has 0 saturated heterocycles. The van der Waals surface area contributed by atoms with Crippen LogP contribution in [0.1, 0.15) is 5.56 Å². The van der Waals surface area contributed by atoms with E-state index in [1.165, 1.54) is 0 Å². The van der Waals surface area contributed by atoms with Gasteiger partial charge in [0.1, 0.15) is 0 Å². The third kappa shape index (κ3) is 2.47. The number of carbonyl (C=O) groups excluding carboxylic acids is 1. The second kappa shape index (κ2) is 4.09. The van der Waals surface area contributed by atoms with Gasteiger partial charge in [-0.2, -0.15) is 5.26 Å². The first-order valence-corrected chi connectivity index (χ1v) is 3.54. The van der Waals surface area contributed by atoms with Crippen molar-refractivity contribution in [3.63, 3.8) is 0 Å². The van der Waals surface area contributed by atoms with Crippen molar-refractivity contribution in [3.05, 3.63) is 29.8 Å². The number of amides is 2. The standard InChI is InChI=1S/C8H8N4O/c9-5-6-2-1-3-7(4-6)11-8(13)12-10/h1-4H,10H2,(H2,11,12,13). The first kappa shape index (κ1) is 9.03. The van der Waals surface area contributed by atoms with Crippen LogP contribution in [0.4, 0.5) is 10.5 Å². The number of hydrogen-bond donors (Lipinski definition) is 3. The summed E-state index contributed by atoms with van der Waals surface area (Å²) in [6.45, 7) is 0. The van der Waals surface area contributed by atoms with Gasteiger partial charge < -0.3 is 5.32 Å². The molecule has 0 heterocycles. The maximum absolute atomic E-state index is 10.8. The number of benzene rings is 1. The Hall–Kier alpha value is -2.06. The third-order valence-corrected chi connectivity index (χ3v) is 1.38. The van der Waals surface area contributed by atoms with Crippen LogP contribution in [0, 0.1) is 11.3 Å². The lowest BCUT2D eigenvalue weighted by atomic mass is 10.2. The summed E-state index contributed by atoms with van der Waals surface area (Å²) in [7, 11) is 0. The molecule has 0 aliphatic carbocycles. The predicted molar refractivity (Wildman–Crippen MR) is 47.5 cm³/mol. The number of anilines is 1. The lowest BCUT2D eigenvalue weighted by Gasteiger charge is -2.02. The molecule has 0 saturated carbocycles. The van der Waals surface area contributed by atoms with Gasteiger partial charge in [0.2, 0.25) is 0 Å². The summed E-state index contributed by atoms with van der Waals surface area (Å²) in [6, 6.07) is 7.97. The summed E-state index contributed by atoms with van der Waals surface area (Å²) >= 11 is 0. The molecule has 1 rings (SSSR count). The molecule has 0 spiro atoms. The van der Waals surface area contributed by atoms with Gasteiger partial charge in [-0.05, 0) is 18.2 Å². The molecule has 0 bridgehead atoms. The molecule has 0 fully saturated rings. The number of urea groups is 1. The van der Waals surface area contributed by atoms with Crippen molar-refractivity contribution in [2.24, 2.45) is 5.84 Å². The summed E-state index contributed by atoms with van der Waals surface area (Å²) < 4.78 is 0. The monoisotopic (exact) mass is 176 g/mol. The van der Waals surface area contributed by atoms with E-state index < -0.39 is 6.03 Å². The van der Waals surface area contributed by atoms with Crippen molar-refractivity contribution in [2.45, 2.75) is 0 Å².